The zero-order chi connectivity index (χ0) is 19.6. The second-order valence-corrected chi connectivity index (χ2v) is 8.46. The van der Waals surface area contributed by atoms with Gasteiger partial charge in [0.25, 0.3) is 5.91 Å². The highest BCUT2D eigenvalue weighted by Crippen LogP contribution is 2.20. The molecule has 3 N–H and O–H groups in total. The summed E-state index contributed by atoms with van der Waals surface area (Å²) in [5.41, 5.74) is 7.63. The van der Waals surface area contributed by atoms with Gasteiger partial charge in [-0.1, -0.05) is 12.1 Å². The standard InChI is InChI=1S/C19H22FN3O3S/c1-13-7-8-15(21)11-18(13)19(24)23-9-3-5-16(12-23)22-27(25,26)17-6-2-4-14(20)10-17/h2,4,6-8,10-11,16,22H,3,5,9,12,21H2,1H3. The Bertz CT molecular complexity index is 962. The number of likely N-dealkylation sites (tertiary alicyclic amines) is 1. The number of sulfonamides is 1. The summed E-state index contributed by atoms with van der Waals surface area (Å²) in [5.74, 6) is -0.787. The van der Waals surface area contributed by atoms with Gasteiger partial charge in [0.1, 0.15) is 5.82 Å². The number of halogens is 1. The van der Waals surface area contributed by atoms with Crippen LogP contribution < -0.4 is 10.5 Å². The van der Waals surface area contributed by atoms with Crippen LogP contribution in [0.5, 0.6) is 0 Å². The van der Waals surface area contributed by atoms with Crippen molar-refractivity contribution in [3.63, 3.8) is 0 Å². The zero-order valence-corrected chi connectivity index (χ0v) is 15.8. The van der Waals surface area contributed by atoms with E-state index in [0.29, 0.717) is 30.6 Å². The van der Waals surface area contributed by atoms with E-state index in [1.807, 2.05) is 6.92 Å². The quantitative estimate of drug-likeness (QED) is 0.782. The summed E-state index contributed by atoms with van der Waals surface area (Å²) in [6.45, 7) is 2.63. The van der Waals surface area contributed by atoms with E-state index in [9.17, 15) is 17.6 Å². The minimum absolute atomic E-state index is 0.127. The Morgan fingerprint density at radius 2 is 2.04 bits per heavy atom. The van der Waals surface area contributed by atoms with Crippen LogP contribution in [0.3, 0.4) is 0 Å². The number of anilines is 1. The van der Waals surface area contributed by atoms with Crippen LogP contribution in [0.2, 0.25) is 0 Å². The molecule has 3 rings (SSSR count). The van der Waals surface area contributed by atoms with Gasteiger partial charge in [0.05, 0.1) is 4.90 Å². The van der Waals surface area contributed by atoms with E-state index in [4.69, 9.17) is 5.73 Å². The third-order valence-electron chi connectivity index (χ3n) is 4.63. The van der Waals surface area contributed by atoms with Crippen molar-refractivity contribution in [2.75, 3.05) is 18.8 Å². The van der Waals surface area contributed by atoms with E-state index in [1.54, 1.807) is 23.1 Å². The average molecular weight is 391 g/mol. The van der Waals surface area contributed by atoms with Gasteiger partial charge in [-0.15, -0.1) is 0 Å². The highest BCUT2D eigenvalue weighted by molar-refractivity contribution is 7.89. The van der Waals surface area contributed by atoms with Gasteiger partial charge in [-0.2, -0.15) is 0 Å². The van der Waals surface area contributed by atoms with E-state index in [2.05, 4.69) is 4.72 Å². The first kappa shape index (κ1) is 19.3. The van der Waals surface area contributed by atoms with Crippen LogP contribution in [0.4, 0.5) is 10.1 Å². The number of aryl methyl sites for hydroxylation is 1. The normalized spacial score (nSPS) is 17.7. The Kier molecular flexibility index (Phi) is 5.48. The maximum Gasteiger partial charge on any atom is 0.254 e. The highest BCUT2D eigenvalue weighted by Gasteiger charge is 2.28. The zero-order valence-electron chi connectivity index (χ0n) is 15.0. The Morgan fingerprint density at radius 3 is 2.78 bits per heavy atom. The van der Waals surface area contributed by atoms with Crippen molar-refractivity contribution in [2.45, 2.75) is 30.7 Å². The highest BCUT2D eigenvalue weighted by atomic mass is 32.2. The van der Waals surface area contributed by atoms with Crippen molar-refractivity contribution >= 4 is 21.6 Å². The fraction of sp³-hybridized carbons (Fsp3) is 0.316. The van der Waals surface area contributed by atoms with Crippen molar-refractivity contribution in [3.05, 3.63) is 59.4 Å². The predicted molar refractivity (Wildman–Crippen MR) is 101 cm³/mol. The van der Waals surface area contributed by atoms with Crippen LogP contribution in [0.15, 0.2) is 47.4 Å². The van der Waals surface area contributed by atoms with Crippen LogP contribution in [-0.4, -0.2) is 38.4 Å². The molecule has 2 aromatic rings. The molecule has 6 nitrogen and oxygen atoms in total. The Hall–Kier alpha value is -2.45. The Balaban J connectivity index is 1.74. The topological polar surface area (TPSA) is 92.5 Å². The largest absolute Gasteiger partial charge is 0.399 e. The molecule has 1 aliphatic rings. The minimum atomic E-state index is -3.86. The van der Waals surface area contributed by atoms with Crippen molar-refractivity contribution < 1.29 is 17.6 Å². The third-order valence-corrected chi connectivity index (χ3v) is 6.15. The number of piperidine rings is 1. The molecular formula is C19H22FN3O3S. The summed E-state index contributed by atoms with van der Waals surface area (Å²) >= 11 is 0. The smallest absolute Gasteiger partial charge is 0.254 e. The van der Waals surface area contributed by atoms with Crippen LogP contribution in [0, 0.1) is 12.7 Å². The second kappa shape index (κ2) is 7.66. The van der Waals surface area contributed by atoms with Crippen molar-refractivity contribution in [2.24, 2.45) is 0 Å². The van der Waals surface area contributed by atoms with E-state index in [0.717, 1.165) is 11.6 Å². The van der Waals surface area contributed by atoms with Crippen LogP contribution in [-0.2, 0) is 10.0 Å². The number of benzene rings is 2. The number of nitrogen functional groups attached to an aromatic ring is 1. The second-order valence-electron chi connectivity index (χ2n) is 6.74. The van der Waals surface area contributed by atoms with Gasteiger partial charge in [0, 0.05) is 30.4 Å². The summed E-state index contributed by atoms with van der Waals surface area (Å²) < 4.78 is 40.9. The first-order valence-corrected chi connectivity index (χ1v) is 10.2. The lowest BCUT2D eigenvalue weighted by atomic mass is 10.0. The molecule has 144 valence electrons. The van der Waals surface area contributed by atoms with Crippen LogP contribution in [0.25, 0.3) is 0 Å². The molecule has 0 bridgehead atoms. The first-order chi connectivity index (χ1) is 12.8. The molecule has 1 unspecified atom stereocenters. The number of amides is 1. The number of carbonyl (C=O) groups is 1. The summed E-state index contributed by atoms with van der Waals surface area (Å²) in [7, 11) is -3.86. The molecule has 1 heterocycles. The molecule has 0 aliphatic carbocycles. The van der Waals surface area contributed by atoms with Gasteiger partial charge in [-0.25, -0.2) is 17.5 Å². The molecule has 1 aliphatic heterocycles. The lowest BCUT2D eigenvalue weighted by Gasteiger charge is -2.33. The van der Waals surface area contributed by atoms with Crippen LogP contribution >= 0.6 is 0 Å². The predicted octanol–water partition coefficient (Wildman–Crippen LogP) is 2.30. The molecule has 27 heavy (non-hydrogen) atoms. The van der Waals surface area contributed by atoms with Crippen molar-refractivity contribution in [3.8, 4) is 0 Å². The number of carbonyl (C=O) groups excluding carboxylic acids is 1. The molecular weight excluding hydrogens is 369 g/mol. The fourth-order valence-corrected chi connectivity index (χ4v) is 4.51. The molecule has 2 aromatic carbocycles. The summed E-state index contributed by atoms with van der Waals surface area (Å²) in [6.07, 6.45) is 1.28. The van der Waals surface area contributed by atoms with Gasteiger partial charge in [0.2, 0.25) is 10.0 Å². The van der Waals surface area contributed by atoms with E-state index >= 15 is 0 Å². The number of rotatable bonds is 4. The Morgan fingerprint density at radius 1 is 1.26 bits per heavy atom. The molecule has 8 heteroatoms. The maximum atomic E-state index is 13.3. The number of hydrogen-bond acceptors (Lipinski definition) is 4. The molecule has 0 radical (unpaired) electrons. The van der Waals surface area contributed by atoms with Gasteiger partial charge in [-0.3, -0.25) is 4.79 Å². The summed E-state index contributed by atoms with van der Waals surface area (Å²) in [6, 6.07) is 9.58. The van der Waals surface area contributed by atoms with E-state index in [1.165, 1.54) is 18.2 Å². The average Bonchev–Trinajstić information content (AvgIpc) is 2.63. The molecule has 1 fully saturated rings. The molecule has 1 saturated heterocycles. The molecule has 1 amide bonds. The van der Waals surface area contributed by atoms with Gasteiger partial charge in [0.15, 0.2) is 0 Å². The van der Waals surface area contributed by atoms with E-state index in [-0.39, 0.29) is 17.3 Å². The SMILES string of the molecule is Cc1ccc(N)cc1C(=O)N1CCCC(NS(=O)(=O)c2cccc(F)c2)C1. The number of nitrogens with one attached hydrogen (secondary N) is 1. The van der Waals surface area contributed by atoms with Gasteiger partial charge >= 0.3 is 0 Å². The lowest BCUT2D eigenvalue weighted by Crippen LogP contribution is -2.49. The monoisotopic (exact) mass is 391 g/mol. The Labute approximate surface area is 158 Å². The van der Waals surface area contributed by atoms with E-state index < -0.39 is 21.9 Å². The van der Waals surface area contributed by atoms with Crippen molar-refractivity contribution in [1.29, 1.82) is 0 Å². The van der Waals surface area contributed by atoms with Gasteiger partial charge in [-0.05, 0) is 55.7 Å². The maximum absolute atomic E-state index is 13.3. The summed E-state index contributed by atoms with van der Waals surface area (Å²) in [4.78, 5) is 14.3. The van der Waals surface area contributed by atoms with Gasteiger partial charge < -0.3 is 10.6 Å². The fourth-order valence-electron chi connectivity index (χ4n) is 3.22. The molecule has 0 aromatic heterocycles. The first-order valence-electron chi connectivity index (χ1n) is 8.69. The molecule has 0 saturated carbocycles. The molecule has 0 spiro atoms. The van der Waals surface area contributed by atoms with Crippen molar-refractivity contribution in [1.82, 2.24) is 9.62 Å². The lowest BCUT2D eigenvalue weighted by molar-refractivity contribution is 0.0702. The molecule has 1 atom stereocenters. The number of hydrogen-bond donors (Lipinski definition) is 2. The number of nitrogens with zero attached hydrogens (tertiary/aromatic N) is 1. The third kappa shape index (κ3) is 4.45. The number of nitrogens with two attached hydrogens (primary N) is 1. The minimum Gasteiger partial charge on any atom is -0.399 e. The van der Waals surface area contributed by atoms with Crippen LogP contribution in [0.1, 0.15) is 28.8 Å². The summed E-state index contributed by atoms with van der Waals surface area (Å²) in [5, 5.41) is 0.